The third-order valence-corrected chi connectivity index (χ3v) is 3.29. The van der Waals surface area contributed by atoms with Gasteiger partial charge in [-0.25, -0.2) is 0 Å². The summed E-state index contributed by atoms with van der Waals surface area (Å²) in [6.45, 7) is 2.20. The summed E-state index contributed by atoms with van der Waals surface area (Å²) in [7, 11) is 0. The van der Waals surface area contributed by atoms with Crippen molar-refractivity contribution in [2.24, 2.45) is 16.0 Å². The smallest absolute Gasteiger partial charge is 0.193 e. The highest BCUT2D eigenvalue weighted by Gasteiger charge is 2.23. The number of amidine groups is 1. The molecule has 0 spiro atoms. The van der Waals surface area contributed by atoms with E-state index in [-0.39, 0.29) is 18.5 Å². The molecular weight excluding hydrogens is 324 g/mol. The molecule has 6 nitrogen and oxygen atoms in total. The van der Waals surface area contributed by atoms with E-state index in [1.165, 1.54) is 0 Å². The number of oxime groups is 2. The standard InChI is InChI=1S/C13H13BrN4O2/c1-8-4-9(6-15)2-3-10(8)7-19-18-13(16)11-5-12(14)17-20-11/h2-4,11H,5,7H2,1H3,(H2,16,18). The molecule has 104 valence electrons. The summed E-state index contributed by atoms with van der Waals surface area (Å²) >= 11 is 3.22. The highest BCUT2D eigenvalue weighted by Crippen LogP contribution is 2.15. The molecule has 20 heavy (non-hydrogen) atoms. The summed E-state index contributed by atoms with van der Waals surface area (Å²) < 4.78 is 0.698. The summed E-state index contributed by atoms with van der Waals surface area (Å²) in [6, 6.07) is 7.47. The van der Waals surface area contributed by atoms with Gasteiger partial charge in [0.25, 0.3) is 0 Å². The molecule has 1 aliphatic rings. The Bertz CT molecular complexity index is 607. The first-order valence-corrected chi connectivity index (χ1v) is 6.72. The van der Waals surface area contributed by atoms with Crippen molar-refractivity contribution in [2.45, 2.75) is 26.1 Å². The first-order valence-electron chi connectivity index (χ1n) is 5.93. The molecule has 1 aromatic rings. The van der Waals surface area contributed by atoms with Crippen LogP contribution in [0.3, 0.4) is 0 Å². The second-order valence-corrected chi connectivity index (χ2v) is 5.22. The van der Waals surface area contributed by atoms with Crippen molar-refractivity contribution >= 4 is 26.4 Å². The van der Waals surface area contributed by atoms with Crippen LogP contribution in [0.4, 0.5) is 0 Å². The number of hydrogen-bond acceptors (Lipinski definition) is 5. The number of nitriles is 1. The fourth-order valence-corrected chi connectivity index (χ4v) is 2.05. The summed E-state index contributed by atoms with van der Waals surface area (Å²) in [5.74, 6) is 0.245. The Balaban J connectivity index is 1.91. The second-order valence-electron chi connectivity index (χ2n) is 4.31. The van der Waals surface area contributed by atoms with Crippen LogP contribution < -0.4 is 5.73 Å². The zero-order valence-corrected chi connectivity index (χ0v) is 12.4. The van der Waals surface area contributed by atoms with E-state index in [0.29, 0.717) is 16.6 Å². The number of hydrogen-bond donors (Lipinski definition) is 1. The molecule has 1 heterocycles. The number of nitrogens with two attached hydrogens (primary N) is 1. The zero-order valence-electron chi connectivity index (χ0n) is 10.8. The van der Waals surface area contributed by atoms with Gasteiger partial charge in [-0.2, -0.15) is 5.26 Å². The lowest BCUT2D eigenvalue weighted by Gasteiger charge is -2.08. The number of benzene rings is 1. The summed E-state index contributed by atoms with van der Waals surface area (Å²) in [6.07, 6.45) is 0.167. The Morgan fingerprint density at radius 1 is 1.70 bits per heavy atom. The van der Waals surface area contributed by atoms with E-state index in [4.69, 9.17) is 20.7 Å². The number of nitrogens with zero attached hydrogens (tertiary/aromatic N) is 3. The molecule has 0 saturated carbocycles. The van der Waals surface area contributed by atoms with E-state index < -0.39 is 0 Å². The Morgan fingerprint density at radius 3 is 3.10 bits per heavy atom. The summed E-state index contributed by atoms with van der Waals surface area (Å²) in [5.41, 5.74) is 8.30. The van der Waals surface area contributed by atoms with Crippen LogP contribution >= 0.6 is 15.9 Å². The van der Waals surface area contributed by atoms with E-state index in [0.717, 1.165) is 11.1 Å². The minimum atomic E-state index is -0.383. The number of rotatable bonds is 4. The predicted octanol–water partition coefficient (Wildman–Crippen LogP) is 2.15. The Kier molecular flexibility index (Phi) is 4.58. The van der Waals surface area contributed by atoms with Gasteiger partial charge < -0.3 is 15.4 Å². The summed E-state index contributed by atoms with van der Waals surface area (Å²) in [5, 5.41) is 16.4. The fourth-order valence-electron chi connectivity index (χ4n) is 1.67. The predicted molar refractivity (Wildman–Crippen MR) is 78.2 cm³/mol. The molecule has 0 bridgehead atoms. The fraction of sp³-hybridized carbons (Fsp3) is 0.308. The van der Waals surface area contributed by atoms with Crippen molar-refractivity contribution < 1.29 is 9.68 Å². The van der Waals surface area contributed by atoms with Gasteiger partial charge in [-0.1, -0.05) is 16.4 Å². The van der Waals surface area contributed by atoms with Gasteiger partial charge in [0.1, 0.15) is 11.2 Å². The molecule has 0 aromatic heterocycles. The van der Waals surface area contributed by atoms with Gasteiger partial charge in [0.2, 0.25) is 0 Å². The second kappa shape index (κ2) is 6.39. The SMILES string of the molecule is Cc1cc(C#N)ccc1CO/N=C(\N)C1CC(Br)=NO1. The molecular formula is C13H13BrN4O2. The van der Waals surface area contributed by atoms with Crippen LogP contribution in [-0.4, -0.2) is 16.6 Å². The molecule has 0 fully saturated rings. The molecule has 0 radical (unpaired) electrons. The van der Waals surface area contributed by atoms with Crippen LogP contribution in [0.2, 0.25) is 0 Å². The van der Waals surface area contributed by atoms with Crippen LogP contribution in [0, 0.1) is 18.3 Å². The Labute approximate surface area is 125 Å². The van der Waals surface area contributed by atoms with Crippen molar-refractivity contribution in [3.8, 4) is 6.07 Å². The lowest BCUT2D eigenvalue weighted by Crippen LogP contribution is -2.28. The maximum Gasteiger partial charge on any atom is 0.193 e. The van der Waals surface area contributed by atoms with Crippen molar-refractivity contribution in [2.75, 3.05) is 0 Å². The number of aryl methyl sites for hydroxylation is 1. The normalized spacial score (nSPS) is 18.1. The highest BCUT2D eigenvalue weighted by atomic mass is 79.9. The van der Waals surface area contributed by atoms with Crippen molar-refractivity contribution in [1.29, 1.82) is 5.26 Å². The lowest BCUT2D eigenvalue weighted by atomic mass is 10.1. The van der Waals surface area contributed by atoms with Crippen molar-refractivity contribution in [1.82, 2.24) is 0 Å². The van der Waals surface area contributed by atoms with Gasteiger partial charge in [-0.15, -0.1) is 0 Å². The molecule has 1 atom stereocenters. The molecule has 2 rings (SSSR count). The van der Waals surface area contributed by atoms with Crippen LogP contribution in [0.1, 0.15) is 23.1 Å². The molecule has 0 saturated heterocycles. The molecule has 2 N–H and O–H groups in total. The average Bonchev–Trinajstić information content (AvgIpc) is 2.87. The largest absolute Gasteiger partial charge is 0.389 e. The van der Waals surface area contributed by atoms with E-state index in [9.17, 15) is 0 Å². The maximum atomic E-state index is 8.80. The third kappa shape index (κ3) is 3.48. The molecule has 0 amide bonds. The van der Waals surface area contributed by atoms with E-state index in [1.54, 1.807) is 12.1 Å². The minimum absolute atomic E-state index is 0.245. The quantitative estimate of drug-likeness (QED) is 0.518. The zero-order chi connectivity index (χ0) is 14.5. The topological polar surface area (TPSA) is 93.0 Å². The highest BCUT2D eigenvalue weighted by molar-refractivity contribution is 9.18. The van der Waals surface area contributed by atoms with E-state index in [2.05, 4.69) is 32.3 Å². The van der Waals surface area contributed by atoms with Crippen LogP contribution in [-0.2, 0) is 16.3 Å². The monoisotopic (exact) mass is 336 g/mol. The maximum absolute atomic E-state index is 8.80. The first-order chi connectivity index (χ1) is 9.60. The average molecular weight is 337 g/mol. The van der Waals surface area contributed by atoms with Gasteiger partial charge in [-0.05, 0) is 46.1 Å². The Morgan fingerprint density at radius 2 is 2.50 bits per heavy atom. The third-order valence-electron chi connectivity index (χ3n) is 2.82. The molecule has 7 heteroatoms. The van der Waals surface area contributed by atoms with Gasteiger partial charge in [0.15, 0.2) is 11.9 Å². The van der Waals surface area contributed by atoms with Crippen molar-refractivity contribution in [3.63, 3.8) is 0 Å². The lowest BCUT2D eigenvalue weighted by molar-refractivity contribution is 0.107. The van der Waals surface area contributed by atoms with Gasteiger partial charge in [0, 0.05) is 6.42 Å². The molecule has 0 aliphatic carbocycles. The number of halogens is 1. The Hall–Kier alpha value is -2.07. The first kappa shape index (κ1) is 14.3. The van der Waals surface area contributed by atoms with Crippen LogP contribution in [0.5, 0.6) is 0 Å². The van der Waals surface area contributed by atoms with Gasteiger partial charge >= 0.3 is 0 Å². The molecule has 1 unspecified atom stereocenters. The van der Waals surface area contributed by atoms with Crippen molar-refractivity contribution in [3.05, 3.63) is 34.9 Å². The summed E-state index contributed by atoms with van der Waals surface area (Å²) in [4.78, 5) is 10.3. The molecule has 1 aliphatic heterocycles. The van der Waals surface area contributed by atoms with Gasteiger partial charge in [0.05, 0.1) is 11.6 Å². The minimum Gasteiger partial charge on any atom is -0.389 e. The van der Waals surface area contributed by atoms with E-state index >= 15 is 0 Å². The van der Waals surface area contributed by atoms with E-state index in [1.807, 2.05) is 13.0 Å². The van der Waals surface area contributed by atoms with Gasteiger partial charge in [-0.3, -0.25) is 0 Å². The van der Waals surface area contributed by atoms with Crippen LogP contribution in [0.15, 0.2) is 28.5 Å². The molecule has 1 aromatic carbocycles. The van der Waals surface area contributed by atoms with Crippen LogP contribution in [0.25, 0.3) is 0 Å².